The van der Waals surface area contributed by atoms with E-state index in [1.807, 2.05) is 17.4 Å². The summed E-state index contributed by atoms with van der Waals surface area (Å²) in [6.45, 7) is 3.05. The van der Waals surface area contributed by atoms with Gasteiger partial charge in [0, 0.05) is 18.8 Å². The molecule has 0 saturated carbocycles. The number of nitrogens with zero attached hydrogens (tertiary/aromatic N) is 1. The van der Waals surface area contributed by atoms with Crippen LogP contribution in [-0.2, 0) is 9.63 Å². The predicted octanol–water partition coefficient (Wildman–Crippen LogP) is 0.964. The van der Waals surface area contributed by atoms with Gasteiger partial charge in [0.05, 0.1) is 6.42 Å². The van der Waals surface area contributed by atoms with Gasteiger partial charge in [-0.05, 0) is 25.1 Å². The van der Waals surface area contributed by atoms with E-state index in [9.17, 15) is 9.18 Å². The lowest BCUT2D eigenvalue weighted by Crippen LogP contribution is -2.30. The van der Waals surface area contributed by atoms with Crippen LogP contribution in [0, 0.1) is 5.82 Å². The largest absolute Gasteiger partial charge is 0.371 e. The van der Waals surface area contributed by atoms with Crippen molar-refractivity contribution < 1.29 is 14.0 Å². The Balaban J connectivity index is 2.57. The van der Waals surface area contributed by atoms with Gasteiger partial charge in [-0.25, -0.2) is 10.2 Å². The molecule has 94 valence electrons. The van der Waals surface area contributed by atoms with Gasteiger partial charge in [0.25, 0.3) is 0 Å². The molecule has 0 aliphatic carbocycles. The molecule has 0 aliphatic rings. The topological polar surface area (TPSA) is 67.6 Å². The van der Waals surface area contributed by atoms with Crippen LogP contribution in [0.4, 0.5) is 10.1 Å². The van der Waals surface area contributed by atoms with E-state index < -0.39 is 5.97 Å². The van der Waals surface area contributed by atoms with Crippen LogP contribution >= 0.6 is 0 Å². The minimum Gasteiger partial charge on any atom is -0.371 e. The SMILES string of the molecule is CCN(CCC(=O)ONN)c1cccc(F)c1. The molecule has 0 spiro atoms. The Morgan fingerprint density at radius 2 is 2.35 bits per heavy atom. The number of anilines is 1. The third-order valence-electron chi connectivity index (χ3n) is 2.31. The zero-order valence-corrected chi connectivity index (χ0v) is 9.65. The lowest BCUT2D eigenvalue weighted by atomic mass is 10.2. The average Bonchev–Trinajstić information content (AvgIpc) is 2.30. The van der Waals surface area contributed by atoms with Gasteiger partial charge in [-0.3, -0.25) is 4.79 Å². The molecule has 6 heteroatoms. The quantitative estimate of drug-likeness (QED) is 0.573. The molecule has 0 aromatic heterocycles. The van der Waals surface area contributed by atoms with Crippen LogP contribution in [0.5, 0.6) is 0 Å². The number of halogens is 1. The fourth-order valence-electron chi connectivity index (χ4n) is 1.49. The fourth-order valence-corrected chi connectivity index (χ4v) is 1.49. The molecule has 0 fully saturated rings. The van der Waals surface area contributed by atoms with Crippen molar-refractivity contribution in [3.8, 4) is 0 Å². The summed E-state index contributed by atoms with van der Waals surface area (Å²) < 4.78 is 13.0. The Morgan fingerprint density at radius 3 is 2.94 bits per heavy atom. The highest BCUT2D eigenvalue weighted by atomic mass is 19.1. The second kappa shape index (κ2) is 6.82. The summed E-state index contributed by atoms with van der Waals surface area (Å²) in [5.74, 6) is 4.09. The molecule has 3 N–H and O–H groups in total. The van der Waals surface area contributed by atoms with E-state index in [0.29, 0.717) is 13.1 Å². The molecule has 1 rings (SSSR count). The van der Waals surface area contributed by atoms with Crippen molar-refractivity contribution in [2.75, 3.05) is 18.0 Å². The summed E-state index contributed by atoms with van der Waals surface area (Å²) in [4.78, 5) is 17.4. The third kappa shape index (κ3) is 4.38. The van der Waals surface area contributed by atoms with Crippen LogP contribution in [0.2, 0.25) is 0 Å². The molecule has 17 heavy (non-hydrogen) atoms. The Kier molecular flexibility index (Phi) is 5.38. The Hall–Kier alpha value is -1.66. The van der Waals surface area contributed by atoms with E-state index >= 15 is 0 Å². The molecule has 0 aliphatic heterocycles. The second-order valence-corrected chi connectivity index (χ2v) is 3.40. The monoisotopic (exact) mass is 241 g/mol. The van der Waals surface area contributed by atoms with Crippen LogP contribution in [-0.4, -0.2) is 19.1 Å². The number of nitrogens with two attached hydrogens (primary N) is 1. The number of nitrogens with one attached hydrogen (secondary N) is 1. The van der Waals surface area contributed by atoms with Gasteiger partial charge >= 0.3 is 5.97 Å². The normalized spacial score (nSPS) is 10.1. The zero-order chi connectivity index (χ0) is 12.7. The highest BCUT2D eigenvalue weighted by Gasteiger charge is 2.09. The summed E-state index contributed by atoms with van der Waals surface area (Å²) in [5.41, 5.74) is 2.57. The van der Waals surface area contributed by atoms with Crippen LogP contribution < -0.4 is 16.3 Å². The molecule has 0 bridgehead atoms. The molecule has 1 aromatic rings. The number of hydrazine groups is 1. The molecule has 5 nitrogen and oxygen atoms in total. The first-order valence-corrected chi connectivity index (χ1v) is 5.33. The molecule has 0 unspecified atom stereocenters. The van der Waals surface area contributed by atoms with Crippen LogP contribution in [0.3, 0.4) is 0 Å². The van der Waals surface area contributed by atoms with Gasteiger partial charge in [-0.2, -0.15) is 0 Å². The zero-order valence-electron chi connectivity index (χ0n) is 9.65. The van der Waals surface area contributed by atoms with Crippen molar-refractivity contribution >= 4 is 11.7 Å². The standard InChI is InChI=1S/C11H16FN3O2/c1-2-15(7-6-11(16)17-14-13)10-5-3-4-9(12)8-10/h3-5,8,14H,2,6-7,13H2,1H3. The first-order chi connectivity index (χ1) is 8.17. The molecule has 1 aromatic carbocycles. The van der Waals surface area contributed by atoms with E-state index in [0.717, 1.165) is 5.69 Å². The summed E-state index contributed by atoms with van der Waals surface area (Å²) in [7, 11) is 0. The van der Waals surface area contributed by atoms with Crippen LogP contribution in [0.15, 0.2) is 24.3 Å². The molecule has 0 atom stereocenters. The molecule has 0 heterocycles. The van der Waals surface area contributed by atoms with Gasteiger partial charge < -0.3 is 9.74 Å². The highest BCUT2D eigenvalue weighted by molar-refractivity contribution is 5.69. The molecular weight excluding hydrogens is 225 g/mol. The molecular formula is C11H16FN3O2. The van der Waals surface area contributed by atoms with Crippen molar-refractivity contribution in [3.05, 3.63) is 30.1 Å². The van der Waals surface area contributed by atoms with Gasteiger partial charge in [0.1, 0.15) is 5.82 Å². The molecule has 0 amide bonds. The fraction of sp³-hybridized carbons (Fsp3) is 0.364. The number of carbonyl (C=O) groups is 1. The van der Waals surface area contributed by atoms with Crippen LogP contribution in [0.25, 0.3) is 0 Å². The Morgan fingerprint density at radius 1 is 1.59 bits per heavy atom. The average molecular weight is 241 g/mol. The second-order valence-electron chi connectivity index (χ2n) is 3.40. The van der Waals surface area contributed by atoms with E-state index in [2.05, 4.69) is 4.84 Å². The number of carbonyl (C=O) groups excluding carboxylic acids is 1. The summed E-state index contributed by atoms with van der Waals surface area (Å²) in [6.07, 6.45) is 0.175. The van der Waals surface area contributed by atoms with Crippen molar-refractivity contribution in [2.45, 2.75) is 13.3 Å². The first kappa shape index (κ1) is 13.4. The lowest BCUT2D eigenvalue weighted by Gasteiger charge is -2.22. The van der Waals surface area contributed by atoms with E-state index in [-0.39, 0.29) is 12.2 Å². The number of benzene rings is 1. The van der Waals surface area contributed by atoms with Crippen molar-refractivity contribution in [2.24, 2.45) is 5.84 Å². The van der Waals surface area contributed by atoms with Gasteiger partial charge in [0.15, 0.2) is 0 Å². The van der Waals surface area contributed by atoms with Crippen molar-refractivity contribution in [3.63, 3.8) is 0 Å². The first-order valence-electron chi connectivity index (χ1n) is 5.33. The van der Waals surface area contributed by atoms with E-state index in [1.165, 1.54) is 12.1 Å². The maximum absolute atomic E-state index is 13.0. The van der Waals surface area contributed by atoms with Crippen molar-refractivity contribution in [1.82, 2.24) is 5.59 Å². The van der Waals surface area contributed by atoms with Gasteiger partial charge in [0.2, 0.25) is 0 Å². The minimum atomic E-state index is -0.456. The Bertz CT molecular complexity index is 373. The smallest absolute Gasteiger partial charge is 0.328 e. The minimum absolute atomic E-state index is 0.175. The number of hydrogen-bond acceptors (Lipinski definition) is 5. The lowest BCUT2D eigenvalue weighted by molar-refractivity contribution is -0.150. The predicted molar refractivity (Wildman–Crippen MR) is 62.3 cm³/mol. The summed E-state index contributed by atoms with van der Waals surface area (Å²) in [5, 5.41) is 0. The number of rotatable bonds is 6. The number of hydrogen-bond donors (Lipinski definition) is 2. The maximum Gasteiger partial charge on any atom is 0.328 e. The summed E-state index contributed by atoms with van der Waals surface area (Å²) in [6, 6.07) is 6.23. The van der Waals surface area contributed by atoms with E-state index in [4.69, 9.17) is 5.84 Å². The van der Waals surface area contributed by atoms with Crippen LogP contribution in [0.1, 0.15) is 13.3 Å². The maximum atomic E-state index is 13.0. The highest BCUT2D eigenvalue weighted by Crippen LogP contribution is 2.15. The third-order valence-corrected chi connectivity index (χ3v) is 2.31. The van der Waals surface area contributed by atoms with E-state index in [1.54, 1.807) is 12.1 Å². The van der Waals surface area contributed by atoms with Gasteiger partial charge in [-0.15, -0.1) is 0 Å². The van der Waals surface area contributed by atoms with Crippen molar-refractivity contribution in [1.29, 1.82) is 0 Å². The molecule has 0 saturated heterocycles. The summed E-state index contributed by atoms with van der Waals surface area (Å²) >= 11 is 0. The Labute approximate surface area is 99.3 Å². The molecule has 0 radical (unpaired) electrons. The van der Waals surface area contributed by atoms with Gasteiger partial charge in [-0.1, -0.05) is 11.7 Å².